The van der Waals surface area contributed by atoms with Gasteiger partial charge in [-0.05, 0) is 33.2 Å². The molecule has 0 saturated carbocycles. The van der Waals surface area contributed by atoms with Crippen LogP contribution in [0.1, 0.15) is 26.7 Å². The van der Waals surface area contributed by atoms with E-state index >= 15 is 0 Å². The van der Waals surface area contributed by atoms with Gasteiger partial charge in [-0.2, -0.15) is 4.31 Å². The van der Waals surface area contributed by atoms with Crippen molar-refractivity contribution in [3.05, 3.63) is 0 Å². The van der Waals surface area contributed by atoms with Gasteiger partial charge in [-0.15, -0.1) is 0 Å². The van der Waals surface area contributed by atoms with Crippen LogP contribution in [0.4, 0.5) is 0 Å². The van der Waals surface area contributed by atoms with Crippen molar-refractivity contribution in [3.63, 3.8) is 0 Å². The average Bonchev–Trinajstić information content (AvgIpc) is 2.27. The summed E-state index contributed by atoms with van der Waals surface area (Å²) in [5.74, 6) is 0.190. The molecule has 1 aliphatic heterocycles. The molecule has 7 heteroatoms. The summed E-state index contributed by atoms with van der Waals surface area (Å²) in [6.45, 7) is 7.04. The predicted octanol–water partition coefficient (Wildman–Crippen LogP) is -0.556. The number of hydrogen-bond acceptors (Lipinski definition) is 5. The van der Waals surface area contributed by atoms with E-state index in [2.05, 4.69) is 4.90 Å². The van der Waals surface area contributed by atoms with Crippen molar-refractivity contribution in [1.29, 1.82) is 0 Å². The van der Waals surface area contributed by atoms with Gasteiger partial charge in [0.15, 0.2) is 0 Å². The Hall–Kier alpha value is -0.210. The zero-order valence-corrected chi connectivity index (χ0v) is 12.8. The van der Waals surface area contributed by atoms with Crippen molar-refractivity contribution >= 4 is 10.0 Å². The monoisotopic (exact) mass is 293 g/mol. The third-order valence-corrected chi connectivity index (χ3v) is 5.15. The first-order valence-corrected chi connectivity index (χ1v) is 8.48. The standard InChI is InChI=1S/C12H27N3O3S/c1-12(2,16)11-14-6-8-15(9-7-14)19(17,18)10-4-3-5-13/h16H,3-11,13H2,1-2H3. The minimum Gasteiger partial charge on any atom is -0.389 e. The third kappa shape index (κ3) is 6.18. The minimum absolute atomic E-state index is 0.190. The van der Waals surface area contributed by atoms with Gasteiger partial charge in [-0.3, -0.25) is 4.90 Å². The maximum absolute atomic E-state index is 12.1. The Morgan fingerprint density at radius 2 is 1.74 bits per heavy atom. The first kappa shape index (κ1) is 16.8. The van der Waals surface area contributed by atoms with Crippen molar-refractivity contribution in [2.24, 2.45) is 5.73 Å². The molecule has 1 rings (SSSR count). The molecule has 114 valence electrons. The highest BCUT2D eigenvalue weighted by Gasteiger charge is 2.28. The Morgan fingerprint density at radius 3 is 2.21 bits per heavy atom. The molecule has 1 aliphatic rings. The van der Waals surface area contributed by atoms with Crippen molar-refractivity contribution in [2.45, 2.75) is 32.3 Å². The Labute approximate surface area is 116 Å². The number of β-amino-alcohol motifs (C(OH)–C–C–N with tert-alkyl or cyclic N) is 1. The van der Waals surface area contributed by atoms with Gasteiger partial charge in [-0.1, -0.05) is 0 Å². The lowest BCUT2D eigenvalue weighted by Crippen LogP contribution is -2.52. The van der Waals surface area contributed by atoms with Crippen LogP contribution in [0.15, 0.2) is 0 Å². The number of rotatable bonds is 7. The van der Waals surface area contributed by atoms with E-state index in [9.17, 15) is 13.5 Å². The molecule has 0 bridgehead atoms. The van der Waals surface area contributed by atoms with Gasteiger partial charge >= 0.3 is 0 Å². The van der Waals surface area contributed by atoms with Crippen LogP contribution in [0.5, 0.6) is 0 Å². The Morgan fingerprint density at radius 1 is 1.16 bits per heavy atom. The molecule has 0 aliphatic carbocycles. The zero-order valence-electron chi connectivity index (χ0n) is 12.0. The lowest BCUT2D eigenvalue weighted by molar-refractivity contribution is 0.0263. The fourth-order valence-electron chi connectivity index (χ4n) is 2.27. The van der Waals surface area contributed by atoms with Crippen LogP contribution in [0, 0.1) is 0 Å². The summed E-state index contributed by atoms with van der Waals surface area (Å²) in [5.41, 5.74) is 4.64. The second-order valence-electron chi connectivity index (χ2n) is 5.80. The quantitative estimate of drug-likeness (QED) is 0.615. The van der Waals surface area contributed by atoms with Crippen molar-refractivity contribution in [2.75, 3.05) is 45.0 Å². The summed E-state index contributed by atoms with van der Waals surface area (Å²) >= 11 is 0. The predicted molar refractivity (Wildman–Crippen MR) is 76.4 cm³/mol. The minimum atomic E-state index is -3.13. The lowest BCUT2D eigenvalue weighted by Gasteiger charge is -2.36. The van der Waals surface area contributed by atoms with E-state index in [4.69, 9.17) is 5.73 Å². The number of unbranched alkanes of at least 4 members (excludes halogenated alkanes) is 1. The van der Waals surface area contributed by atoms with Crippen LogP contribution in [0.3, 0.4) is 0 Å². The number of sulfonamides is 1. The lowest BCUT2D eigenvalue weighted by atomic mass is 10.1. The first-order valence-electron chi connectivity index (χ1n) is 6.87. The van der Waals surface area contributed by atoms with E-state index in [1.165, 1.54) is 0 Å². The van der Waals surface area contributed by atoms with Gasteiger partial charge in [-0.25, -0.2) is 8.42 Å². The maximum atomic E-state index is 12.1. The molecule has 1 heterocycles. The molecule has 1 saturated heterocycles. The maximum Gasteiger partial charge on any atom is 0.214 e. The zero-order chi connectivity index (χ0) is 14.5. The van der Waals surface area contributed by atoms with E-state index in [-0.39, 0.29) is 5.75 Å². The molecule has 0 aromatic rings. The molecule has 0 amide bonds. The smallest absolute Gasteiger partial charge is 0.214 e. The van der Waals surface area contributed by atoms with E-state index in [1.54, 1.807) is 18.2 Å². The average molecular weight is 293 g/mol. The van der Waals surface area contributed by atoms with E-state index < -0.39 is 15.6 Å². The SMILES string of the molecule is CC(C)(O)CN1CCN(S(=O)(=O)CCCCN)CC1. The first-order chi connectivity index (χ1) is 8.74. The van der Waals surface area contributed by atoms with Crippen molar-refractivity contribution in [1.82, 2.24) is 9.21 Å². The van der Waals surface area contributed by atoms with E-state index in [0.29, 0.717) is 45.7 Å². The summed E-state index contributed by atoms with van der Waals surface area (Å²) in [6.07, 6.45) is 1.38. The highest BCUT2D eigenvalue weighted by atomic mass is 32.2. The van der Waals surface area contributed by atoms with Crippen LogP contribution in [-0.4, -0.2) is 73.4 Å². The normalized spacial score (nSPS) is 19.8. The molecule has 0 radical (unpaired) electrons. The van der Waals surface area contributed by atoms with Crippen molar-refractivity contribution < 1.29 is 13.5 Å². The van der Waals surface area contributed by atoms with Gasteiger partial charge < -0.3 is 10.8 Å². The molecule has 6 nitrogen and oxygen atoms in total. The summed E-state index contributed by atoms with van der Waals surface area (Å²) in [5, 5.41) is 9.75. The van der Waals surface area contributed by atoms with E-state index in [0.717, 1.165) is 6.42 Å². The summed E-state index contributed by atoms with van der Waals surface area (Å²) < 4.78 is 25.7. The molecule has 19 heavy (non-hydrogen) atoms. The number of nitrogens with two attached hydrogens (primary N) is 1. The van der Waals surface area contributed by atoms with Gasteiger partial charge in [0.2, 0.25) is 10.0 Å². The molecule has 0 spiro atoms. The highest BCUT2D eigenvalue weighted by Crippen LogP contribution is 2.12. The Bertz CT molecular complexity index is 357. The van der Waals surface area contributed by atoms with Crippen molar-refractivity contribution in [3.8, 4) is 0 Å². The molecule has 0 unspecified atom stereocenters. The molecule has 3 N–H and O–H groups in total. The number of aliphatic hydroxyl groups is 1. The fraction of sp³-hybridized carbons (Fsp3) is 1.00. The van der Waals surface area contributed by atoms with Gasteiger partial charge in [0.1, 0.15) is 0 Å². The third-order valence-electron chi connectivity index (χ3n) is 3.19. The molecular weight excluding hydrogens is 266 g/mol. The largest absolute Gasteiger partial charge is 0.389 e. The Balaban J connectivity index is 2.40. The topological polar surface area (TPSA) is 86.9 Å². The molecule has 1 fully saturated rings. The molecule has 0 aromatic heterocycles. The van der Waals surface area contributed by atoms with Gasteiger partial charge in [0.25, 0.3) is 0 Å². The summed E-state index contributed by atoms with van der Waals surface area (Å²) in [7, 11) is -3.13. The second kappa shape index (κ2) is 6.99. The fourth-order valence-corrected chi connectivity index (χ4v) is 3.82. The Kier molecular flexibility index (Phi) is 6.19. The van der Waals surface area contributed by atoms with Crippen LogP contribution < -0.4 is 5.73 Å². The van der Waals surface area contributed by atoms with E-state index in [1.807, 2.05) is 0 Å². The summed E-state index contributed by atoms with van der Waals surface area (Å²) in [4.78, 5) is 2.10. The number of nitrogens with zero attached hydrogens (tertiary/aromatic N) is 2. The van der Waals surface area contributed by atoms with Crippen LogP contribution in [0.2, 0.25) is 0 Å². The van der Waals surface area contributed by atoms with Crippen LogP contribution in [-0.2, 0) is 10.0 Å². The molecular formula is C12H27N3O3S. The molecule has 0 atom stereocenters. The highest BCUT2D eigenvalue weighted by molar-refractivity contribution is 7.89. The summed E-state index contributed by atoms with van der Waals surface area (Å²) in [6, 6.07) is 0. The van der Waals surface area contributed by atoms with Gasteiger partial charge in [0, 0.05) is 32.7 Å². The second-order valence-corrected chi connectivity index (χ2v) is 7.89. The number of hydrogen-bond donors (Lipinski definition) is 2. The molecule has 0 aromatic carbocycles. The van der Waals surface area contributed by atoms with Crippen LogP contribution in [0.25, 0.3) is 0 Å². The van der Waals surface area contributed by atoms with Crippen LogP contribution >= 0.6 is 0 Å². The van der Waals surface area contributed by atoms with Gasteiger partial charge in [0.05, 0.1) is 11.4 Å². The number of piperazine rings is 1.